The van der Waals surface area contributed by atoms with E-state index in [1.807, 2.05) is 7.11 Å². The summed E-state index contributed by atoms with van der Waals surface area (Å²) in [6.45, 7) is 6.86. The van der Waals surface area contributed by atoms with Crippen LogP contribution < -0.4 is 4.74 Å². The number of nitrogens with zero attached hydrogens (tertiary/aromatic N) is 2. The van der Waals surface area contributed by atoms with Crippen molar-refractivity contribution >= 4 is 0 Å². The molecule has 6 atom stereocenters. The van der Waals surface area contributed by atoms with Crippen molar-refractivity contribution in [2.24, 2.45) is 17.3 Å². The first kappa shape index (κ1) is 23.0. The summed E-state index contributed by atoms with van der Waals surface area (Å²) in [7, 11) is 4.29. The molecule has 0 radical (unpaired) electrons. The summed E-state index contributed by atoms with van der Waals surface area (Å²) in [5.74, 6) is 2.65. The van der Waals surface area contributed by atoms with Gasteiger partial charge in [0.25, 0.3) is 0 Å². The van der Waals surface area contributed by atoms with Crippen LogP contribution in [0.3, 0.4) is 0 Å². The zero-order valence-corrected chi connectivity index (χ0v) is 22.8. The van der Waals surface area contributed by atoms with Gasteiger partial charge >= 0.3 is 0 Å². The van der Waals surface area contributed by atoms with Gasteiger partial charge in [0.05, 0.1) is 0 Å². The van der Waals surface area contributed by atoms with Gasteiger partial charge in [0.1, 0.15) is 17.5 Å². The van der Waals surface area contributed by atoms with Crippen LogP contribution in [-0.2, 0) is 23.1 Å². The zero-order valence-electron chi connectivity index (χ0n) is 22.8. The molecule has 2 aliphatic heterocycles. The summed E-state index contributed by atoms with van der Waals surface area (Å²) in [6.07, 6.45) is 9.16. The Morgan fingerprint density at radius 1 is 1.08 bits per heavy atom. The molecule has 0 N–H and O–H groups in total. The van der Waals surface area contributed by atoms with Gasteiger partial charge in [-0.1, -0.05) is 42.5 Å². The van der Waals surface area contributed by atoms with Crippen LogP contribution in [0.4, 0.5) is 0 Å². The lowest BCUT2D eigenvalue weighted by atomic mass is 9.34. The Balaban J connectivity index is 1.23. The predicted octanol–water partition coefficient (Wildman–Crippen LogP) is 5.35. The Hall–Kier alpha value is -1.88. The molecule has 9 rings (SSSR count). The standard InChI is InChI=1S/C33H42N2O2/c1-22-9-12-25-17-27-31-13-14-33(36-3,26(18-31)21-34(2)19-23-7-5-4-6-8-23)30-32(31,28(25)29(22)37-30)15-16-35(27)20-24-10-11-24/h4-9,12,24,26-27,30H,10-11,13-21H2,1-3H3/t26-,27+,30?,31+,32-,33+/m0/s1. The molecule has 7 aliphatic rings. The molecule has 196 valence electrons. The van der Waals surface area contributed by atoms with Crippen LogP contribution in [0, 0.1) is 24.2 Å². The highest BCUT2D eigenvalue weighted by Gasteiger charge is 2.80. The maximum absolute atomic E-state index is 7.23. The maximum Gasteiger partial charge on any atom is 0.138 e. The lowest BCUT2D eigenvalue weighted by Crippen LogP contribution is -2.81. The molecule has 4 bridgehead atoms. The number of hydrogen-bond acceptors (Lipinski definition) is 4. The molecule has 5 fully saturated rings. The second-order valence-corrected chi connectivity index (χ2v) is 13.5. The van der Waals surface area contributed by atoms with E-state index in [0.717, 1.165) is 25.4 Å². The monoisotopic (exact) mass is 498 g/mol. The third-order valence-corrected chi connectivity index (χ3v) is 11.8. The number of ether oxygens (including phenoxy) is 2. The van der Waals surface area contributed by atoms with Crippen LogP contribution in [0.2, 0.25) is 0 Å². The summed E-state index contributed by atoms with van der Waals surface area (Å²) in [5.41, 5.74) is 6.11. The van der Waals surface area contributed by atoms with E-state index < -0.39 is 0 Å². The summed E-state index contributed by atoms with van der Waals surface area (Å²) in [5, 5.41) is 0. The van der Waals surface area contributed by atoms with Gasteiger partial charge in [0.2, 0.25) is 0 Å². The summed E-state index contributed by atoms with van der Waals surface area (Å²) >= 11 is 0. The first-order valence-corrected chi connectivity index (χ1v) is 14.8. The van der Waals surface area contributed by atoms with E-state index in [4.69, 9.17) is 9.47 Å². The number of fused-ring (bicyclic) bond motifs is 2. The number of methoxy groups -OCH3 is 1. The van der Waals surface area contributed by atoms with Crippen molar-refractivity contribution in [1.29, 1.82) is 0 Å². The minimum Gasteiger partial charge on any atom is -0.486 e. The van der Waals surface area contributed by atoms with Crippen molar-refractivity contribution in [3.63, 3.8) is 0 Å². The van der Waals surface area contributed by atoms with Crippen LogP contribution in [0.25, 0.3) is 0 Å². The normalized spacial score (nSPS) is 39.1. The summed E-state index contributed by atoms with van der Waals surface area (Å²) in [4.78, 5) is 5.50. The van der Waals surface area contributed by atoms with Crippen molar-refractivity contribution in [2.75, 3.05) is 33.8 Å². The third kappa shape index (κ3) is 2.90. The van der Waals surface area contributed by atoms with Gasteiger partial charge in [0, 0.05) is 55.1 Å². The number of likely N-dealkylation sites (tertiary alicyclic amines) is 1. The highest BCUT2D eigenvalue weighted by Crippen LogP contribution is 2.76. The first-order valence-electron chi connectivity index (χ1n) is 14.8. The molecule has 2 heterocycles. The molecular weight excluding hydrogens is 456 g/mol. The number of piperidine rings is 1. The summed E-state index contributed by atoms with van der Waals surface area (Å²) < 4.78 is 14.0. The summed E-state index contributed by atoms with van der Waals surface area (Å²) in [6, 6.07) is 16.4. The van der Waals surface area contributed by atoms with Gasteiger partial charge in [-0.25, -0.2) is 0 Å². The van der Waals surface area contributed by atoms with Crippen molar-refractivity contribution in [1.82, 2.24) is 9.80 Å². The van der Waals surface area contributed by atoms with Gasteiger partial charge in [-0.3, -0.25) is 4.90 Å². The SMILES string of the molecule is CO[C@]12CC[C@@]3(C[C@H]1CN(C)Cc1ccccc1)[C@H]1Cc4ccc(C)c5c4[C@@]3(CCN1CC1CC1)C2O5. The molecule has 4 heteroatoms. The molecule has 2 aromatic rings. The second-order valence-electron chi connectivity index (χ2n) is 13.5. The second kappa shape index (κ2) is 7.83. The Labute approximate surface area is 222 Å². The number of rotatable bonds is 7. The largest absolute Gasteiger partial charge is 0.486 e. The van der Waals surface area contributed by atoms with Crippen LogP contribution in [0.1, 0.15) is 60.8 Å². The van der Waals surface area contributed by atoms with E-state index in [2.05, 4.69) is 66.2 Å². The molecule has 1 unspecified atom stereocenters. The van der Waals surface area contributed by atoms with Gasteiger partial charge in [0.15, 0.2) is 0 Å². The lowest BCUT2D eigenvalue weighted by molar-refractivity contribution is -0.278. The minimum absolute atomic E-state index is 0.120. The first-order chi connectivity index (χ1) is 18.0. The van der Waals surface area contributed by atoms with E-state index in [1.165, 1.54) is 68.5 Å². The molecular formula is C33H42N2O2. The van der Waals surface area contributed by atoms with Crippen LogP contribution >= 0.6 is 0 Å². The smallest absolute Gasteiger partial charge is 0.138 e. The molecule has 2 aromatic carbocycles. The molecule has 0 amide bonds. The maximum atomic E-state index is 7.23. The molecule has 4 saturated carbocycles. The molecule has 4 nitrogen and oxygen atoms in total. The highest BCUT2D eigenvalue weighted by molar-refractivity contribution is 5.61. The van der Waals surface area contributed by atoms with Crippen molar-refractivity contribution in [3.05, 3.63) is 64.7 Å². The minimum atomic E-state index is -0.212. The van der Waals surface area contributed by atoms with Crippen LogP contribution in [0.5, 0.6) is 5.75 Å². The predicted molar refractivity (Wildman–Crippen MR) is 146 cm³/mol. The average molecular weight is 499 g/mol. The van der Waals surface area contributed by atoms with Crippen LogP contribution in [0.15, 0.2) is 42.5 Å². The van der Waals surface area contributed by atoms with Gasteiger partial charge in [-0.2, -0.15) is 0 Å². The number of hydrogen-bond donors (Lipinski definition) is 0. The fraction of sp³-hybridized carbons (Fsp3) is 0.636. The van der Waals surface area contributed by atoms with E-state index in [1.54, 1.807) is 11.1 Å². The van der Waals surface area contributed by atoms with Gasteiger partial charge in [-0.15, -0.1) is 0 Å². The number of benzene rings is 2. The van der Waals surface area contributed by atoms with E-state index >= 15 is 0 Å². The molecule has 37 heavy (non-hydrogen) atoms. The molecule has 0 aromatic heterocycles. The highest BCUT2D eigenvalue weighted by atomic mass is 16.6. The third-order valence-electron chi connectivity index (χ3n) is 11.8. The lowest BCUT2D eigenvalue weighted by Gasteiger charge is -2.74. The Kier molecular flexibility index (Phi) is 4.88. The molecule has 1 saturated heterocycles. The van der Waals surface area contributed by atoms with E-state index in [0.29, 0.717) is 17.4 Å². The van der Waals surface area contributed by atoms with Crippen molar-refractivity contribution < 1.29 is 9.47 Å². The van der Waals surface area contributed by atoms with Crippen molar-refractivity contribution in [3.8, 4) is 5.75 Å². The van der Waals surface area contributed by atoms with Crippen LogP contribution in [-0.4, -0.2) is 61.3 Å². The average Bonchev–Trinajstić information content (AvgIpc) is 3.64. The Morgan fingerprint density at radius 3 is 2.70 bits per heavy atom. The van der Waals surface area contributed by atoms with E-state index in [9.17, 15) is 0 Å². The topological polar surface area (TPSA) is 24.9 Å². The fourth-order valence-corrected chi connectivity index (χ4v) is 10.2. The molecule has 2 spiro atoms. The Morgan fingerprint density at radius 2 is 1.92 bits per heavy atom. The zero-order chi connectivity index (χ0) is 25.0. The van der Waals surface area contributed by atoms with Gasteiger partial charge < -0.3 is 14.4 Å². The quantitative estimate of drug-likeness (QED) is 0.514. The fourth-order valence-electron chi connectivity index (χ4n) is 10.2. The molecule has 5 aliphatic carbocycles. The van der Waals surface area contributed by atoms with Crippen molar-refractivity contribution in [2.45, 2.75) is 81.6 Å². The number of aryl methyl sites for hydroxylation is 1. The van der Waals surface area contributed by atoms with Gasteiger partial charge in [-0.05, 0) is 88.1 Å². The van der Waals surface area contributed by atoms with E-state index in [-0.39, 0.29) is 17.1 Å². The Bertz CT molecular complexity index is 1230.